The number of halogens is 1. The Morgan fingerprint density at radius 1 is 1.05 bits per heavy atom. The van der Waals surface area contributed by atoms with Gasteiger partial charge in [-0.2, -0.15) is 15.1 Å². The van der Waals surface area contributed by atoms with Gasteiger partial charge in [-0.25, -0.2) is 4.68 Å². The summed E-state index contributed by atoms with van der Waals surface area (Å²) in [5.41, 5.74) is 0.889. The lowest BCUT2D eigenvalue weighted by atomic mass is 9.93. The topological polar surface area (TPSA) is 192 Å². The Morgan fingerprint density at radius 2 is 1.68 bits per heavy atom. The van der Waals surface area contributed by atoms with Crippen LogP contribution in [0.3, 0.4) is 0 Å². The number of nitrogens with one attached hydrogen (secondary N) is 2. The minimum absolute atomic E-state index is 0.0570. The van der Waals surface area contributed by atoms with Crippen molar-refractivity contribution in [1.29, 1.82) is 0 Å². The van der Waals surface area contributed by atoms with Crippen LogP contribution in [0.5, 0.6) is 0 Å². The average Bonchev–Trinajstić information content (AvgIpc) is 3.52. The Labute approximate surface area is 261 Å². The van der Waals surface area contributed by atoms with Gasteiger partial charge in [0.2, 0.25) is 11.2 Å². The second-order valence-corrected chi connectivity index (χ2v) is 11.6. The third-order valence-corrected chi connectivity index (χ3v) is 6.79. The first kappa shape index (κ1) is 36.0. The third-order valence-electron chi connectivity index (χ3n) is 6.62. The SMILES string of the molecule is C=C(C)COCCOCCOCCOCCC(=O)NCC(C)(C)CNc1nc(Cl)nc2c1cnn2[C@@H]1O[C@H](CO)[C@@H](O)[C@H]1O. The Bertz CT molecular complexity index is 1200. The monoisotopic (exact) mass is 644 g/mol. The molecule has 4 atom stereocenters. The maximum atomic E-state index is 12.3. The van der Waals surface area contributed by atoms with Crippen molar-refractivity contribution in [2.75, 3.05) is 77.9 Å². The zero-order valence-electron chi connectivity index (χ0n) is 25.5. The fourth-order valence-electron chi connectivity index (χ4n) is 4.18. The predicted molar refractivity (Wildman–Crippen MR) is 161 cm³/mol. The van der Waals surface area contributed by atoms with E-state index in [1.54, 1.807) is 0 Å². The summed E-state index contributed by atoms with van der Waals surface area (Å²) >= 11 is 6.18. The lowest BCUT2D eigenvalue weighted by Crippen LogP contribution is -2.38. The molecule has 1 amide bonds. The molecule has 2 aromatic heterocycles. The summed E-state index contributed by atoms with van der Waals surface area (Å²) in [7, 11) is 0. The molecule has 1 aliphatic heterocycles. The number of rotatable bonds is 21. The van der Waals surface area contributed by atoms with E-state index in [4.69, 9.17) is 35.3 Å². The smallest absolute Gasteiger partial charge is 0.226 e. The van der Waals surface area contributed by atoms with Crippen molar-refractivity contribution in [3.05, 3.63) is 23.6 Å². The Morgan fingerprint density at radius 3 is 2.30 bits per heavy atom. The molecule has 0 bridgehead atoms. The number of aliphatic hydroxyl groups excluding tert-OH is 3. The van der Waals surface area contributed by atoms with E-state index in [2.05, 4.69) is 32.3 Å². The first-order valence-corrected chi connectivity index (χ1v) is 14.9. The van der Waals surface area contributed by atoms with Crippen LogP contribution in [0.25, 0.3) is 11.0 Å². The molecule has 15 nitrogen and oxygen atoms in total. The van der Waals surface area contributed by atoms with Crippen LogP contribution in [0, 0.1) is 5.41 Å². The van der Waals surface area contributed by atoms with Gasteiger partial charge in [0, 0.05) is 19.5 Å². The number of carbonyl (C=O) groups excluding carboxylic acids is 1. The van der Waals surface area contributed by atoms with Gasteiger partial charge in [0.05, 0.1) is 71.0 Å². The van der Waals surface area contributed by atoms with E-state index in [0.29, 0.717) is 70.5 Å². The van der Waals surface area contributed by atoms with Gasteiger partial charge in [0.1, 0.15) is 24.1 Å². The summed E-state index contributed by atoms with van der Waals surface area (Å²) in [6.07, 6.45) is -2.91. The van der Waals surface area contributed by atoms with Crippen LogP contribution in [0.1, 0.15) is 33.4 Å². The van der Waals surface area contributed by atoms with Crippen LogP contribution in [-0.4, -0.2) is 132 Å². The second-order valence-electron chi connectivity index (χ2n) is 11.3. The molecule has 1 fully saturated rings. The normalized spacial score (nSPS) is 20.3. The molecular formula is C28H45ClN6O9. The summed E-state index contributed by atoms with van der Waals surface area (Å²) in [4.78, 5) is 20.8. The first-order chi connectivity index (χ1) is 21.0. The molecule has 5 N–H and O–H groups in total. The molecule has 1 saturated heterocycles. The molecule has 2 aromatic rings. The third kappa shape index (κ3) is 11.2. The first-order valence-electron chi connectivity index (χ1n) is 14.5. The lowest BCUT2D eigenvalue weighted by Gasteiger charge is -2.26. The number of nitrogens with zero attached hydrogens (tertiary/aromatic N) is 4. The number of amides is 1. The van der Waals surface area contributed by atoms with Crippen molar-refractivity contribution < 1.29 is 43.8 Å². The highest BCUT2D eigenvalue weighted by Gasteiger charge is 2.44. The van der Waals surface area contributed by atoms with E-state index in [9.17, 15) is 20.1 Å². The second kappa shape index (κ2) is 17.9. The fraction of sp³-hybridized carbons (Fsp3) is 0.714. The molecule has 3 heterocycles. The molecular weight excluding hydrogens is 600 g/mol. The van der Waals surface area contributed by atoms with Gasteiger partial charge in [-0.15, -0.1) is 0 Å². The van der Waals surface area contributed by atoms with E-state index in [1.165, 1.54) is 10.9 Å². The van der Waals surface area contributed by atoms with E-state index >= 15 is 0 Å². The maximum absolute atomic E-state index is 12.3. The Hall–Kier alpha value is -2.47. The van der Waals surface area contributed by atoms with E-state index < -0.39 is 31.1 Å². The molecule has 0 aromatic carbocycles. The number of aromatic nitrogens is 4. The molecule has 0 unspecified atom stereocenters. The van der Waals surface area contributed by atoms with E-state index in [1.807, 2.05) is 20.8 Å². The number of hydrogen-bond acceptors (Lipinski definition) is 13. The summed E-state index contributed by atoms with van der Waals surface area (Å²) in [6, 6.07) is 0. The maximum Gasteiger partial charge on any atom is 0.226 e. The molecule has 1 aliphatic rings. The highest BCUT2D eigenvalue weighted by molar-refractivity contribution is 6.28. The highest BCUT2D eigenvalue weighted by Crippen LogP contribution is 2.32. The zero-order valence-corrected chi connectivity index (χ0v) is 26.3. The van der Waals surface area contributed by atoms with Crippen LogP contribution in [0.4, 0.5) is 5.82 Å². The van der Waals surface area contributed by atoms with Gasteiger partial charge in [-0.3, -0.25) is 4.79 Å². The van der Waals surface area contributed by atoms with Crippen LogP contribution in [0.2, 0.25) is 5.28 Å². The van der Waals surface area contributed by atoms with Gasteiger partial charge < -0.3 is 49.6 Å². The molecule has 0 radical (unpaired) electrons. The van der Waals surface area contributed by atoms with Crippen molar-refractivity contribution in [2.24, 2.45) is 5.41 Å². The van der Waals surface area contributed by atoms with Crippen molar-refractivity contribution >= 4 is 34.4 Å². The summed E-state index contributed by atoms with van der Waals surface area (Å²) in [5.74, 6) is 0.278. The molecule has 0 saturated carbocycles. The van der Waals surface area contributed by atoms with Crippen LogP contribution >= 0.6 is 11.6 Å². The zero-order chi connectivity index (χ0) is 32.1. The van der Waals surface area contributed by atoms with Crippen molar-refractivity contribution in [2.45, 2.75) is 51.7 Å². The van der Waals surface area contributed by atoms with E-state index in [-0.39, 0.29) is 35.3 Å². The Kier molecular flexibility index (Phi) is 14.6. The van der Waals surface area contributed by atoms with Gasteiger partial charge in [-0.05, 0) is 23.9 Å². The van der Waals surface area contributed by atoms with Gasteiger partial charge >= 0.3 is 0 Å². The van der Waals surface area contributed by atoms with E-state index in [0.717, 1.165) is 5.57 Å². The van der Waals surface area contributed by atoms with Crippen molar-refractivity contribution in [3.63, 3.8) is 0 Å². The standard InChI is InChI=1S/C28H45ClN6O9/c1-18(2)15-43-12-11-42-10-9-41-8-7-40-6-5-21(37)30-16-28(3,4)17-31-24-19-13-32-35(25(19)34-27(29)33-24)26-23(39)22(38)20(14-36)44-26/h13,20,22-23,26,36,38-39H,1,5-12,14-17H2,2-4H3,(H,30,37)(H,31,33,34)/t20-,22-,23-,26-/m1/s1. The van der Waals surface area contributed by atoms with Crippen molar-refractivity contribution in [1.82, 2.24) is 25.1 Å². The number of carbonyl (C=O) groups is 1. The predicted octanol–water partition coefficient (Wildman–Crippen LogP) is 0.678. The van der Waals surface area contributed by atoms with Crippen LogP contribution in [-0.2, 0) is 28.5 Å². The number of ether oxygens (including phenoxy) is 5. The lowest BCUT2D eigenvalue weighted by molar-refractivity contribution is -0.122. The summed E-state index contributed by atoms with van der Waals surface area (Å²) < 4.78 is 28.6. The van der Waals surface area contributed by atoms with Gasteiger partial charge in [-0.1, -0.05) is 26.0 Å². The summed E-state index contributed by atoms with van der Waals surface area (Å²) in [5, 5.41) is 40.8. The number of fused-ring (bicyclic) bond motifs is 1. The van der Waals surface area contributed by atoms with Gasteiger partial charge in [0.15, 0.2) is 11.9 Å². The average molecular weight is 645 g/mol. The van der Waals surface area contributed by atoms with Crippen LogP contribution in [0.15, 0.2) is 18.3 Å². The molecule has 44 heavy (non-hydrogen) atoms. The minimum atomic E-state index is -1.32. The largest absolute Gasteiger partial charge is 0.394 e. The number of aliphatic hydroxyl groups is 3. The molecule has 3 rings (SSSR count). The molecule has 0 spiro atoms. The molecule has 0 aliphatic carbocycles. The molecule has 16 heteroatoms. The minimum Gasteiger partial charge on any atom is -0.394 e. The Balaban J connectivity index is 1.33. The highest BCUT2D eigenvalue weighted by atomic mass is 35.5. The number of hydrogen-bond donors (Lipinski definition) is 5. The summed E-state index contributed by atoms with van der Waals surface area (Å²) in [6.45, 7) is 13.5. The van der Waals surface area contributed by atoms with Crippen LogP contribution < -0.4 is 10.6 Å². The molecule has 248 valence electrons. The van der Waals surface area contributed by atoms with Gasteiger partial charge in [0.25, 0.3) is 0 Å². The fourth-order valence-corrected chi connectivity index (χ4v) is 4.35. The quantitative estimate of drug-likeness (QED) is 0.0725. The number of anilines is 1. The van der Waals surface area contributed by atoms with Crippen molar-refractivity contribution in [3.8, 4) is 0 Å².